The second-order valence-corrected chi connectivity index (χ2v) is 3.37. The average Bonchev–Trinajstić information content (AvgIpc) is 2.52. The third-order valence-corrected chi connectivity index (χ3v) is 2.31. The summed E-state index contributed by atoms with van der Waals surface area (Å²) in [6.45, 7) is 3.13. The van der Waals surface area contributed by atoms with E-state index in [2.05, 4.69) is 22.4 Å². The van der Waals surface area contributed by atoms with Crippen molar-refractivity contribution in [3.05, 3.63) is 0 Å². The standard InChI is InChI=1S/C7H14N4S/c1-3-4-5-6-11-7(12-2)8-9-10-11/h3-6H2,1-2H3. The second-order valence-electron chi connectivity index (χ2n) is 2.60. The second kappa shape index (κ2) is 5.13. The first-order valence-corrected chi connectivity index (χ1v) is 5.41. The van der Waals surface area contributed by atoms with Gasteiger partial charge in [0.15, 0.2) is 0 Å². The summed E-state index contributed by atoms with van der Waals surface area (Å²) in [7, 11) is 0. The fourth-order valence-electron chi connectivity index (χ4n) is 0.995. The Labute approximate surface area is 76.7 Å². The molecule has 0 aliphatic carbocycles. The summed E-state index contributed by atoms with van der Waals surface area (Å²) in [5, 5.41) is 12.3. The van der Waals surface area contributed by atoms with Crippen LogP contribution in [0.25, 0.3) is 0 Å². The third kappa shape index (κ3) is 2.48. The number of aryl methyl sites for hydroxylation is 1. The summed E-state index contributed by atoms with van der Waals surface area (Å²) < 4.78 is 1.86. The lowest BCUT2D eigenvalue weighted by Gasteiger charge is -2.00. The predicted molar refractivity (Wildman–Crippen MR) is 49.1 cm³/mol. The Bertz CT molecular complexity index is 223. The number of nitrogens with zero attached hydrogens (tertiary/aromatic N) is 4. The Balaban J connectivity index is 2.39. The van der Waals surface area contributed by atoms with E-state index in [9.17, 15) is 0 Å². The fourth-order valence-corrected chi connectivity index (χ4v) is 1.45. The van der Waals surface area contributed by atoms with E-state index in [4.69, 9.17) is 0 Å². The molecule has 0 unspecified atom stereocenters. The molecular weight excluding hydrogens is 172 g/mol. The molecule has 0 atom stereocenters. The highest BCUT2D eigenvalue weighted by Gasteiger charge is 2.01. The zero-order valence-corrected chi connectivity index (χ0v) is 8.34. The van der Waals surface area contributed by atoms with Gasteiger partial charge in [0, 0.05) is 6.54 Å². The van der Waals surface area contributed by atoms with Crippen LogP contribution in [-0.2, 0) is 6.54 Å². The number of rotatable bonds is 5. The molecule has 0 aliphatic heterocycles. The molecule has 0 saturated carbocycles. The molecule has 0 radical (unpaired) electrons. The summed E-state index contributed by atoms with van der Waals surface area (Å²) in [5.41, 5.74) is 0. The number of thioether (sulfide) groups is 1. The molecule has 0 amide bonds. The topological polar surface area (TPSA) is 43.6 Å². The molecule has 1 aromatic rings. The third-order valence-electron chi connectivity index (χ3n) is 1.66. The van der Waals surface area contributed by atoms with Crippen molar-refractivity contribution in [1.29, 1.82) is 0 Å². The zero-order valence-electron chi connectivity index (χ0n) is 7.53. The maximum absolute atomic E-state index is 3.89. The van der Waals surface area contributed by atoms with Gasteiger partial charge in [0.1, 0.15) is 0 Å². The molecule has 0 spiro atoms. The fraction of sp³-hybridized carbons (Fsp3) is 0.857. The molecule has 1 aromatic heterocycles. The van der Waals surface area contributed by atoms with Gasteiger partial charge in [0.05, 0.1) is 0 Å². The van der Waals surface area contributed by atoms with Crippen molar-refractivity contribution in [2.45, 2.75) is 37.9 Å². The van der Waals surface area contributed by atoms with E-state index in [0.29, 0.717) is 0 Å². The average molecular weight is 186 g/mol. The van der Waals surface area contributed by atoms with Gasteiger partial charge in [0.2, 0.25) is 5.16 Å². The van der Waals surface area contributed by atoms with E-state index in [1.807, 2.05) is 10.9 Å². The van der Waals surface area contributed by atoms with E-state index in [-0.39, 0.29) is 0 Å². The number of hydrogen-bond acceptors (Lipinski definition) is 4. The molecule has 12 heavy (non-hydrogen) atoms. The predicted octanol–water partition coefficient (Wildman–Crippen LogP) is 1.59. The molecule has 1 rings (SSSR count). The molecule has 0 fully saturated rings. The summed E-state index contributed by atoms with van der Waals surface area (Å²) in [5.74, 6) is 0. The summed E-state index contributed by atoms with van der Waals surface area (Å²) >= 11 is 1.59. The van der Waals surface area contributed by atoms with E-state index < -0.39 is 0 Å². The van der Waals surface area contributed by atoms with Crippen LogP contribution < -0.4 is 0 Å². The van der Waals surface area contributed by atoms with Gasteiger partial charge in [-0.1, -0.05) is 31.5 Å². The van der Waals surface area contributed by atoms with Gasteiger partial charge in [-0.05, 0) is 23.1 Å². The molecule has 4 nitrogen and oxygen atoms in total. The van der Waals surface area contributed by atoms with Crippen molar-refractivity contribution in [1.82, 2.24) is 20.2 Å². The first-order chi connectivity index (χ1) is 5.88. The van der Waals surface area contributed by atoms with Crippen LogP contribution >= 0.6 is 11.8 Å². The van der Waals surface area contributed by atoms with Crippen molar-refractivity contribution in [3.8, 4) is 0 Å². The van der Waals surface area contributed by atoms with Crippen LogP contribution in [-0.4, -0.2) is 26.5 Å². The maximum Gasteiger partial charge on any atom is 0.209 e. The Morgan fingerprint density at radius 2 is 2.25 bits per heavy atom. The quantitative estimate of drug-likeness (QED) is 0.517. The molecule has 0 saturated heterocycles. The molecule has 1 heterocycles. The summed E-state index contributed by atoms with van der Waals surface area (Å²) in [6.07, 6.45) is 5.63. The Hall–Kier alpha value is -0.580. The van der Waals surface area contributed by atoms with Crippen LogP contribution in [0.15, 0.2) is 5.16 Å². The number of tetrazole rings is 1. The Kier molecular flexibility index (Phi) is 4.07. The first-order valence-electron chi connectivity index (χ1n) is 4.18. The zero-order chi connectivity index (χ0) is 8.81. The van der Waals surface area contributed by atoms with Crippen LogP contribution in [0.3, 0.4) is 0 Å². The van der Waals surface area contributed by atoms with Crippen LogP contribution in [0.5, 0.6) is 0 Å². The Morgan fingerprint density at radius 1 is 1.42 bits per heavy atom. The minimum atomic E-state index is 0.908. The van der Waals surface area contributed by atoms with Crippen molar-refractivity contribution in [2.24, 2.45) is 0 Å². The van der Waals surface area contributed by atoms with Crippen molar-refractivity contribution < 1.29 is 0 Å². The van der Waals surface area contributed by atoms with Crippen LogP contribution in [0.2, 0.25) is 0 Å². The Morgan fingerprint density at radius 3 is 2.92 bits per heavy atom. The van der Waals surface area contributed by atoms with Crippen LogP contribution in [0, 0.1) is 0 Å². The number of hydrogen-bond donors (Lipinski definition) is 0. The van der Waals surface area contributed by atoms with Crippen LogP contribution in [0.4, 0.5) is 0 Å². The van der Waals surface area contributed by atoms with Gasteiger partial charge >= 0.3 is 0 Å². The molecule has 68 valence electrons. The lowest BCUT2D eigenvalue weighted by molar-refractivity contribution is 0.506. The number of unbranched alkanes of at least 4 members (excludes halogenated alkanes) is 2. The largest absolute Gasteiger partial charge is 0.220 e. The molecular formula is C7H14N4S. The van der Waals surface area contributed by atoms with Gasteiger partial charge in [-0.15, -0.1) is 5.10 Å². The SMILES string of the molecule is CCCCCn1nnnc1SC. The minimum absolute atomic E-state index is 0.908. The lowest BCUT2D eigenvalue weighted by atomic mass is 10.2. The highest BCUT2D eigenvalue weighted by molar-refractivity contribution is 7.98. The smallest absolute Gasteiger partial charge is 0.209 e. The van der Waals surface area contributed by atoms with E-state index in [0.717, 1.165) is 18.1 Å². The normalized spacial score (nSPS) is 10.5. The molecule has 0 aromatic carbocycles. The van der Waals surface area contributed by atoms with Gasteiger partial charge in [-0.25, -0.2) is 4.68 Å². The molecule has 5 heteroatoms. The van der Waals surface area contributed by atoms with Gasteiger partial charge in [-0.2, -0.15) is 0 Å². The highest BCUT2D eigenvalue weighted by Crippen LogP contribution is 2.09. The van der Waals surface area contributed by atoms with E-state index in [1.54, 1.807) is 11.8 Å². The lowest BCUT2D eigenvalue weighted by Crippen LogP contribution is -2.01. The number of aromatic nitrogens is 4. The van der Waals surface area contributed by atoms with Crippen molar-refractivity contribution in [2.75, 3.05) is 6.26 Å². The van der Waals surface area contributed by atoms with Gasteiger partial charge < -0.3 is 0 Å². The van der Waals surface area contributed by atoms with Gasteiger partial charge in [-0.3, -0.25) is 0 Å². The molecule has 0 N–H and O–H groups in total. The van der Waals surface area contributed by atoms with E-state index >= 15 is 0 Å². The van der Waals surface area contributed by atoms with Crippen LogP contribution in [0.1, 0.15) is 26.2 Å². The molecule has 0 aliphatic rings. The maximum atomic E-state index is 3.89. The monoisotopic (exact) mass is 186 g/mol. The van der Waals surface area contributed by atoms with Crippen molar-refractivity contribution >= 4 is 11.8 Å². The summed E-state index contributed by atoms with van der Waals surface area (Å²) in [6, 6.07) is 0. The summed E-state index contributed by atoms with van der Waals surface area (Å²) in [4.78, 5) is 0. The van der Waals surface area contributed by atoms with Crippen molar-refractivity contribution in [3.63, 3.8) is 0 Å². The molecule has 0 bridgehead atoms. The first kappa shape index (κ1) is 9.51. The van der Waals surface area contributed by atoms with Gasteiger partial charge in [0.25, 0.3) is 0 Å². The highest BCUT2D eigenvalue weighted by atomic mass is 32.2. The minimum Gasteiger partial charge on any atom is -0.220 e. The van der Waals surface area contributed by atoms with E-state index in [1.165, 1.54) is 12.8 Å².